The first kappa shape index (κ1) is 19.3. The van der Waals surface area contributed by atoms with Crippen LogP contribution in [0.1, 0.15) is 6.42 Å². The largest absolute Gasteiger partial charge is 0.379 e. The van der Waals surface area contributed by atoms with Crippen LogP contribution in [0.2, 0.25) is 0 Å². The molecule has 0 aromatic carbocycles. The second kappa shape index (κ2) is 13.3. The van der Waals surface area contributed by atoms with E-state index >= 15 is 0 Å². The van der Waals surface area contributed by atoms with Gasteiger partial charge in [0, 0.05) is 39.8 Å². The minimum absolute atomic E-state index is 0. The first-order valence-corrected chi connectivity index (χ1v) is 7.99. The zero-order valence-corrected chi connectivity index (χ0v) is 15.1. The van der Waals surface area contributed by atoms with Gasteiger partial charge >= 0.3 is 0 Å². The molecule has 0 saturated carbocycles. The van der Waals surface area contributed by atoms with Crippen molar-refractivity contribution in [3.8, 4) is 0 Å². The van der Waals surface area contributed by atoms with Gasteiger partial charge in [0.15, 0.2) is 5.96 Å². The number of nitrogens with zero attached hydrogens (tertiary/aromatic N) is 2. The summed E-state index contributed by atoms with van der Waals surface area (Å²) in [6.45, 7) is 6.78. The van der Waals surface area contributed by atoms with Gasteiger partial charge in [-0.2, -0.15) is 11.8 Å². The summed E-state index contributed by atoms with van der Waals surface area (Å²) in [6.07, 6.45) is 3.31. The lowest BCUT2D eigenvalue weighted by molar-refractivity contribution is 0.0389. The van der Waals surface area contributed by atoms with Gasteiger partial charge in [-0.3, -0.25) is 9.89 Å². The van der Waals surface area contributed by atoms with E-state index in [9.17, 15) is 0 Å². The van der Waals surface area contributed by atoms with Crippen LogP contribution in [0.4, 0.5) is 0 Å². The summed E-state index contributed by atoms with van der Waals surface area (Å²) in [6, 6.07) is 0. The molecule has 1 rings (SSSR count). The number of hydrogen-bond acceptors (Lipinski definition) is 4. The average molecular weight is 402 g/mol. The van der Waals surface area contributed by atoms with Crippen molar-refractivity contribution in [2.45, 2.75) is 6.42 Å². The van der Waals surface area contributed by atoms with Crippen LogP contribution in [-0.4, -0.2) is 75.9 Å². The van der Waals surface area contributed by atoms with Gasteiger partial charge in [0.05, 0.1) is 13.2 Å². The predicted molar refractivity (Wildman–Crippen MR) is 95.0 cm³/mol. The molecule has 0 bridgehead atoms. The van der Waals surface area contributed by atoms with Crippen LogP contribution in [0.25, 0.3) is 0 Å². The fourth-order valence-corrected chi connectivity index (χ4v) is 2.23. The fraction of sp³-hybridized carbons (Fsp3) is 0.917. The molecule has 7 heteroatoms. The molecule has 19 heavy (non-hydrogen) atoms. The Balaban J connectivity index is 0.00000324. The Morgan fingerprint density at radius 1 is 1.26 bits per heavy atom. The highest BCUT2D eigenvalue weighted by molar-refractivity contribution is 14.0. The summed E-state index contributed by atoms with van der Waals surface area (Å²) in [5, 5.41) is 6.67. The summed E-state index contributed by atoms with van der Waals surface area (Å²) >= 11 is 1.88. The molecule has 1 heterocycles. The molecular formula is C12H27IN4OS. The van der Waals surface area contributed by atoms with E-state index in [-0.39, 0.29) is 24.0 Å². The number of halogens is 1. The van der Waals surface area contributed by atoms with Crippen LogP contribution < -0.4 is 10.6 Å². The van der Waals surface area contributed by atoms with Crippen molar-refractivity contribution in [2.75, 3.05) is 65.0 Å². The van der Waals surface area contributed by atoms with Crippen LogP contribution in [0.15, 0.2) is 4.99 Å². The molecule has 114 valence electrons. The molecule has 1 aliphatic heterocycles. The minimum Gasteiger partial charge on any atom is -0.379 e. The second-order valence-corrected chi connectivity index (χ2v) is 5.21. The van der Waals surface area contributed by atoms with Gasteiger partial charge in [-0.25, -0.2) is 0 Å². The minimum atomic E-state index is 0. The standard InChI is InChI=1S/C12H26N4OS.HI/c1-13-12(14-4-3-11-18-2)15-5-6-16-7-9-17-10-8-16;/h3-11H2,1-2H3,(H2,13,14,15);1H. The van der Waals surface area contributed by atoms with E-state index in [1.807, 2.05) is 18.8 Å². The number of ether oxygens (including phenoxy) is 1. The monoisotopic (exact) mass is 402 g/mol. The second-order valence-electron chi connectivity index (χ2n) is 4.23. The SMILES string of the molecule is CN=C(NCCCSC)NCCN1CCOCC1.I. The molecule has 5 nitrogen and oxygen atoms in total. The summed E-state index contributed by atoms with van der Waals surface area (Å²) in [5.41, 5.74) is 0. The Labute approximate surface area is 138 Å². The molecule has 0 radical (unpaired) electrons. The van der Waals surface area contributed by atoms with Crippen LogP contribution in [0.3, 0.4) is 0 Å². The molecule has 1 fully saturated rings. The molecular weight excluding hydrogens is 375 g/mol. The van der Waals surface area contributed by atoms with Crippen molar-refractivity contribution in [1.29, 1.82) is 0 Å². The highest BCUT2D eigenvalue weighted by atomic mass is 127. The number of guanidine groups is 1. The number of morpholine rings is 1. The van der Waals surface area contributed by atoms with Gasteiger partial charge in [-0.15, -0.1) is 24.0 Å². The molecule has 0 unspecified atom stereocenters. The van der Waals surface area contributed by atoms with Crippen molar-refractivity contribution in [3.05, 3.63) is 0 Å². The van der Waals surface area contributed by atoms with Gasteiger partial charge < -0.3 is 15.4 Å². The van der Waals surface area contributed by atoms with Gasteiger partial charge in [-0.05, 0) is 18.4 Å². The molecule has 0 aromatic heterocycles. The van der Waals surface area contributed by atoms with E-state index in [2.05, 4.69) is 26.8 Å². The molecule has 0 aromatic rings. The van der Waals surface area contributed by atoms with E-state index in [0.29, 0.717) is 0 Å². The Hall–Kier alpha value is 0.270. The Kier molecular flexibility index (Phi) is 13.5. The lowest BCUT2D eigenvalue weighted by Gasteiger charge is -2.26. The van der Waals surface area contributed by atoms with Crippen molar-refractivity contribution >= 4 is 41.7 Å². The maximum Gasteiger partial charge on any atom is 0.191 e. The highest BCUT2D eigenvalue weighted by Gasteiger charge is 2.09. The van der Waals surface area contributed by atoms with E-state index in [1.165, 1.54) is 12.2 Å². The first-order chi connectivity index (χ1) is 8.86. The topological polar surface area (TPSA) is 48.9 Å². The predicted octanol–water partition coefficient (Wildman–Crippen LogP) is 0.855. The molecule has 1 saturated heterocycles. The van der Waals surface area contributed by atoms with Crippen molar-refractivity contribution in [2.24, 2.45) is 4.99 Å². The Morgan fingerprint density at radius 3 is 2.58 bits per heavy atom. The molecule has 1 aliphatic rings. The zero-order chi connectivity index (χ0) is 13.1. The normalized spacial score (nSPS) is 16.8. The maximum atomic E-state index is 5.32. The van der Waals surface area contributed by atoms with Gasteiger partial charge in [-0.1, -0.05) is 0 Å². The smallest absolute Gasteiger partial charge is 0.191 e. The van der Waals surface area contributed by atoms with Crippen LogP contribution in [-0.2, 0) is 4.74 Å². The van der Waals surface area contributed by atoms with E-state index < -0.39 is 0 Å². The average Bonchev–Trinajstić information content (AvgIpc) is 2.42. The molecule has 0 amide bonds. The molecule has 0 spiro atoms. The molecule has 2 N–H and O–H groups in total. The van der Waals surface area contributed by atoms with E-state index in [4.69, 9.17) is 4.74 Å². The van der Waals surface area contributed by atoms with Gasteiger partial charge in [0.25, 0.3) is 0 Å². The third kappa shape index (κ3) is 9.75. The van der Waals surface area contributed by atoms with Crippen molar-refractivity contribution < 1.29 is 4.74 Å². The third-order valence-corrected chi connectivity index (χ3v) is 3.56. The Bertz CT molecular complexity index is 238. The van der Waals surface area contributed by atoms with Crippen LogP contribution in [0, 0.1) is 0 Å². The van der Waals surface area contributed by atoms with Crippen molar-refractivity contribution in [3.63, 3.8) is 0 Å². The third-order valence-electron chi connectivity index (χ3n) is 2.87. The summed E-state index contributed by atoms with van der Waals surface area (Å²) in [7, 11) is 1.82. The molecule has 0 atom stereocenters. The fourth-order valence-electron chi connectivity index (χ4n) is 1.80. The first-order valence-electron chi connectivity index (χ1n) is 6.60. The zero-order valence-electron chi connectivity index (χ0n) is 12.0. The number of hydrogen-bond donors (Lipinski definition) is 2. The number of thioether (sulfide) groups is 1. The maximum absolute atomic E-state index is 5.32. The lowest BCUT2D eigenvalue weighted by Crippen LogP contribution is -2.44. The van der Waals surface area contributed by atoms with Gasteiger partial charge in [0.1, 0.15) is 0 Å². The van der Waals surface area contributed by atoms with E-state index in [0.717, 1.165) is 51.9 Å². The van der Waals surface area contributed by atoms with Crippen LogP contribution in [0.5, 0.6) is 0 Å². The van der Waals surface area contributed by atoms with Crippen molar-refractivity contribution in [1.82, 2.24) is 15.5 Å². The Morgan fingerprint density at radius 2 is 1.95 bits per heavy atom. The van der Waals surface area contributed by atoms with E-state index in [1.54, 1.807) is 0 Å². The summed E-state index contributed by atoms with van der Waals surface area (Å²) in [4.78, 5) is 6.63. The highest BCUT2D eigenvalue weighted by Crippen LogP contribution is 1.95. The lowest BCUT2D eigenvalue weighted by atomic mass is 10.4. The molecule has 0 aliphatic carbocycles. The summed E-state index contributed by atoms with van der Waals surface area (Å²) < 4.78 is 5.32. The number of aliphatic imine (C=N–C) groups is 1. The number of nitrogens with one attached hydrogen (secondary N) is 2. The van der Waals surface area contributed by atoms with Crippen LogP contribution >= 0.6 is 35.7 Å². The van der Waals surface area contributed by atoms with Gasteiger partial charge in [0.2, 0.25) is 0 Å². The number of rotatable bonds is 7. The summed E-state index contributed by atoms with van der Waals surface area (Å²) in [5.74, 6) is 2.10. The quantitative estimate of drug-likeness (QED) is 0.286.